The van der Waals surface area contributed by atoms with Crippen LogP contribution in [0.25, 0.3) is 21.5 Å². The van der Waals surface area contributed by atoms with Crippen LogP contribution in [0.2, 0.25) is 0 Å². The number of hydrogen-bond donors (Lipinski definition) is 0. The first-order chi connectivity index (χ1) is 22.8. The van der Waals surface area contributed by atoms with E-state index < -0.39 is 0 Å². The van der Waals surface area contributed by atoms with E-state index in [0.717, 1.165) is 45.2 Å². The van der Waals surface area contributed by atoms with Crippen LogP contribution < -0.4 is 9.47 Å². The molecule has 46 heavy (non-hydrogen) atoms. The zero-order valence-corrected chi connectivity index (χ0v) is 25.7. The van der Waals surface area contributed by atoms with Crippen LogP contribution in [-0.4, -0.2) is 65.4 Å². The van der Waals surface area contributed by atoms with Crippen molar-refractivity contribution in [2.24, 2.45) is 0 Å². The van der Waals surface area contributed by atoms with Gasteiger partial charge in [-0.15, -0.1) is 0 Å². The van der Waals surface area contributed by atoms with Crippen LogP contribution in [0, 0.1) is 0 Å². The summed E-state index contributed by atoms with van der Waals surface area (Å²) in [5, 5.41) is 3.92. The summed E-state index contributed by atoms with van der Waals surface area (Å²) in [6.45, 7) is 3.81. The number of hydrogen-bond acceptors (Lipinski definition) is 8. The van der Waals surface area contributed by atoms with Gasteiger partial charge < -0.3 is 28.4 Å². The molecule has 0 N–H and O–H groups in total. The molecule has 0 amide bonds. The highest BCUT2D eigenvalue weighted by Crippen LogP contribution is 2.26. The molecule has 0 saturated carbocycles. The number of benzene rings is 5. The van der Waals surface area contributed by atoms with Crippen LogP contribution in [-0.2, 0) is 32.2 Å². The lowest BCUT2D eigenvalue weighted by Gasteiger charge is -2.13. The lowest BCUT2D eigenvalue weighted by atomic mass is 10.0. The van der Waals surface area contributed by atoms with Crippen molar-refractivity contribution in [3.8, 4) is 11.5 Å². The highest BCUT2D eigenvalue weighted by molar-refractivity contribution is 6.00. The number of ether oxygens (including phenoxy) is 6. The van der Waals surface area contributed by atoms with Gasteiger partial charge in [-0.05, 0) is 44.8 Å². The van der Waals surface area contributed by atoms with Gasteiger partial charge in [0, 0.05) is 11.1 Å². The summed E-state index contributed by atoms with van der Waals surface area (Å²) < 4.78 is 34.5. The van der Waals surface area contributed by atoms with Crippen LogP contribution in [0.3, 0.4) is 0 Å². The Morgan fingerprint density at radius 2 is 0.804 bits per heavy atom. The van der Waals surface area contributed by atoms with Gasteiger partial charge in [0.05, 0.1) is 52.9 Å². The minimum Gasteiger partial charge on any atom is -0.487 e. The molecule has 0 saturated heterocycles. The van der Waals surface area contributed by atoms with Crippen LogP contribution in [0.4, 0.5) is 0 Å². The number of fused-ring (bicyclic) bond motifs is 2. The molecule has 5 aromatic carbocycles. The van der Waals surface area contributed by atoms with Crippen molar-refractivity contribution in [3.05, 3.63) is 119 Å². The van der Waals surface area contributed by atoms with E-state index in [1.807, 2.05) is 97.1 Å². The zero-order valence-electron chi connectivity index (χ0n) is 25.7. The van der Waals surface area contributed by atoms with E-state index in [1.54, 1.807) is 0 Å². The maximum atomic E-state index is 11.7. The van der Waals surface area contributed by atoms with E-state index >= 15 is 0 Å². The van der Waals surface area contributed by atoms with E-state index in [4.69, 9.17) is 28.4 Å². The zero-order chi connectivity index (χ0) is 31.8. The Labute approximate surface area is 268 Å². The SMILES string of the molecule is O=Cc1c(COCCOCCOc2ccccc2OCCOCCOCc2ccc3ccccc3c2C=O)ccc2ccccc12. The Balaban J connectivity index is 0.924. The second-order valence-corrected chi connectivity index (χ2v) is 10.4. The molecule has 0 aliphatic carbocycles. The van der Waals surface area contributed by atoms with E-state index in [1.165, 1.54) is 0 Å². The van der Waals surface area contributed by atoms with E-state index in [-0.39, 0.29) is 0 Å². The maximum absolute atomic E-state index is 11.7. The first-order valence-corrected chi connectivity index (χ1v) is 15.4. The molecule has 0 unspecified atom stereocenters. The van der Waals surface area contributed by atoms with Gasteiger partial charge in [0.1, 0.15) is 13.2 Å². The number of rotatable bonds is 20. The summed E-state index contributed by atoms with van der Waals surface area (Å²) in [4.78, 5) is 23.4. The molecule has 0 spiro atoms. The van der Waals surface area contributed by atoms with Crippen LogP contribution >= 0.6 is 0 Å². The molecule has 0 aliphatic heterocycles. The first-order valence-electron chi connectivity index (χ1n) is 15.4. The summed E-state index contributed by atoms with van der Waals surface area (Å²) in [5.41, 5.74) is 3.05. The molecule has 0 bridgehead atoms. The van der Waals surface area contributed by atoms with Crippen molar-refractivity contribution in [2.45, 2.75) is 13.2 Å². The molecule has 0 aromatic heterocycles. The van der Waals surface area contributed by atoms with Gasteiger partial charge >= 0.3 is 0 Å². The maximum Gasteiger partial charge on any atom is 0.161 e. The molecule has 0 atom stereocenters. The topological polar surface area (TPSA) is 89.5 Å². The Bertz CT molecular complexity index is 1590. The Morgan fingerprint density at radius 1 is 0.413 bits per heavy atom. The van der Waals surface area contributed by atoms with Crippen molar-refractivity contribution >= 4 is 34.1 Å². The molecule has 5 rings (SSSR count). The lowest BCUT2D eigenvalue weighted by Crippen LogP contribution is -2.13. The van der Waals surface area contributed by atoms with Gasteiger partial charge in [0.15, 0.2) is 24.1 Å². The molecule has 5 aromatic rings. The summed E-state index contributed by atoms with van der Waals surface area (Å²) in [6, 6.07) is 31.0. The first kappa shape index (κ1) is 32.8. The second-order valence-electron chi connectivity index (χ2n) is 10.4. The Morgan fingerprint density at radius 3 is 1.26 bits per heavy atom. The van der Waals surface area contributed by atoms with Gasteiger partial charge in [-0.2, -0.15) is 0 Å². The van der Waals surface area contributed by atoms with Crippen molar-refractivity contribution < 1.29 is 38.0 Å². The summed E-state index contributed by atoms with van der Waals surface area (Å²) in [7, 11) is 0. The lowest BCUT2D eigenvalue weighted by molar-refractivity contribution is 0.0273. The van der Waals surface area contributed by atoms with E-state index in [2.05, 4.69) is 0 Å². The van der Waals surface area contributed by atoms with Crippen molar-refractivity contribution in [1.29, 1.82) is 0 Å². The molecule has 8 nitrogen and oxygen atoms in total. The second kappa shape index (κ2) is 17.8. The molecule has 8 heteroatoms. The highest BCUT2D eigenvalue weighted by Gasteiger charge is 2.09. The van der Waals surface area contributed by atoms with Crippen LogP contribution in [0.1, 0.15) is 31.8 Å². The predicted molar refractivity (Wildman–Crippen MR) is 177 cm³/mol. The molecular weight excluding hydrogens is 584 g/mol. The van der Waals surface area contributed by atoms with E-state index in [0.29, 0.717) is 88.7 Å². The monoisotopic (exact) mass is 622 g/mol. The fourth-order valence-electron chi connectivity index (χ4n) is 5.13. The number of carbonyl (C=O) groups is 2. The summed E-state index contributed by atoms with van der Waals surface area (Å²) in [5.74, 6) is 1.26. The quantitative estimate of drug-likeness (QED) is 0.0689. The molecule has 0 aliphatic rings. The third-order valence-electron chi connectivity index (χ3n) is 7.44. The minimum absolute atomic E-state index is 0.341. The van der Waals surface area contributed by atoms with Gasteiger partial charge in [-0.1, -0.05) is 84.9 Å². The predicted octanol–water partition coefficient (Wildman–Crippen LogP) is 6.84. The molecule has 238 valence electrons. The third-order valence-corrected chi connectivity index (χ3v) is 7.44. The van der Waals surface area contributed by atoms with Crippen molar-refractivity contribution in [3.63, 3.8) is 0 Å². The largest absolute Gasteiger partial charge is 0.487 e. The van der Waals surface area contributed by atoms with Crippen molar-refractivity contribution in [1.82, 2.24) is 0 Å². The average molecular weight is 623 g/mol. The highest BCUT2D eigenvalue weighted by atomic mass is 16.6. The van der Waals surface area contributed by atoms with Crippen molar-refractivity contribution in [2.75, 3.05) is 52.9 Å². The number of carbonyl (C=O) groups excluding carboxylic acids is 2. The molecule has 0 radical (unpaired) electrons. The van der Waals surface area contributed by atoms with Crippen LogP contribution in [0.15, 0.2) is 97.1 Å². The average Bonchev–Trinajstić information content (AvgIpc) is 3.10. The third kappa shape index (κ3) is 8.99. The normalized spacial score (nSPS) is 11.1. The standard InChI is InChI=1S/C38H38O8/c39-25-35-31(15-13-29-7-1-3-9-33(29)35)27-43-19-17-41-21-23-45-37-11-5-6-12-38(37)46-24-22-42-18-20-44-28-32-16-14-30-8-2-4-10-34(30)36(32)26-40/h1-16,25-26H,17-24,27-28H2. The van der Waals surface area contributed by atoms with Gasteiger partial charge in [-0.3, -0.25) is 9.59 Å². The van der Waals surface area contributed by atoms with Crippen LogP contribution in [0.5, 0.6) is 11.5 Å². The van der Waals surface area contributed by atoms with Gasteiger partial charge in [0.2, 0.25) is 0 Å². The molecule has 0 heterocycles. The van der Waals surface area contributed by atoms with Gasteiger partial charge in [0.25, 0.3) is 0 Å². The Kier molecular flexibility index (Phi) is 12.7. The molecule has 0 fully saturated rings. The summed E-state index contributed by atoms with van der Waals surface area (Å²) >= 11 is 0. The number of para-hydroxylation sites is 2. The smallest absolute Gasteiger partial charge is 0.161 e. The van der Waals surface area contributed by atoms with E-state index in [9.17, 15) is 9.59 Å². The summed E-state index contributed by atoms with van der Waals surface area (Å²) in [6.07, 6.45) is 1.78. The number of aldehydes is 2. The van der Waals surface area contributed by atoms with Gasteiger partial charge in [-0.25, -0.2) is 0 Å². The fourth-order valence-corrected chi connectivity index (χ4v) is 5.13. The fraction of sp³-hybridized carbons (Fsp3) is 0.263. The Hall–Kier alpha value is -4.60. The molecular formula is C38H38O8. The minimum atomic E-state index is 0.341.